The average molecular weight is 420 g/mol. The van der Waals surface area contributed by atoms with E-state index < -0.39 is 35.1 Å². The van der Waals surface area contributed by atoms with Gasteiger partial charge in [-0.1, -0.05) is 18.2 Å². The van der Waals surface area contributed by atoms with E-state index in [2.05, 4.69) is 5.32 Å². The van der Waals surface area contributed by atoms with Crippen LogP contribution in [-0.2, 0) is 12.7 Å². The summed E-state index contributed by atoms with van der Waals surface area (Å²) in [5.74, 6) is -1.12. The Morgan fingerprint density at radius 1 is 1.13 bits per heavy atom. The summed E-state index contributed by atoms with van der Waals surface area (Å²) in [5.41, 5.74) is -0.771. The first-order chi connectivity index (χ1) is 14.0. The van der Waals surface area contributed by atoms with Crippen LogP contribution in [0.5, 0.6) is 0 Å². The molecule has 0 aliphatic carbocycles. The monoisotopic (exact) mass is 420 g/mol. The highest BCUT2D eigenvalue weighted by atomic mass is 19.4. The van der Waals surface area contributed by atoms with Gasteiger partial charge in [0.05, 0.1) is 11.1 Å². The van der Waals surface area contributed by atoms with Crippen LogP contribution < -0.4 is 10.9 Å². The van der Waals surface area contributed by atoms with Crippen molar-refractivity contribution in [2.45, 2.75) is 39.5 Å². The van der Waals surface area contributed by atoms with E-state index >= 15 is 0 Å². The molecule has 1 heterocycles. The van der Waals surface area contributed by atoms with Gasteiger partial charge in [0.15, 0.2) is 0 Å². The van der Waals surface area contributed by atoms with Crippen molar-refractivity contribution < 1.29 is 22.4 Å². The maximum Gasteiger partial charge on any atom is 0.416 e. The van der Waals surface area contributed by atoms with E-state index in [4.69, 9.17) is 0 Å². The van der Waals surface area contributed by atoms with Crippen molar-refractivity contribution in [3.8, 4) is 0 Å². The lowest BCUT2D eigenvalue weighted by Gasteiger charge is -2.20. The second-order valence-electron chi connectivity index (χ2n) is 7.31. The number of pyridine rings is 1. The highest BCUT2D eigenvalue weighted by molar-refractivity contribution is 6.00. The number of nitrogens with zero attached hydrogens (tertiary/aromatic N) is 1. The minimum atomic E-state index is -4.55. The summed E-state index contributed by atoms with van der Waals surface area (Å²) < 4.78 is 54.0. The topological polar surface area (TPSA) is 51.1 Å². The highest BCUT2D eigenvalue weighted by Gasteiger charge is 2.31. The third-order valence-electron chi connectivity index (χ3n) is 4.88. The Balaban J connectivity index is 2.11. The maximum absolute atomic E-state index is 13.3. The van der Waals surface area contributed by atoms with E-state index in [1.165, 1.54) is 35.8 Å². The zero-order valence-corrected chi connectivity index (χ0v) is 16.6. The van der Waals surface area contributed by atoms with Gasteiger partial charge in [-0.15, -0.1) is 0 Å². The standard InChI is InChI=1S/C22H20F4N2O2/c1-12(2)28-18-10-15(22(24,25)26)7-8-17(18)13(3)19(21(28)30)20(29)27-11-14-5-4-6-16(23)9-14/h4-10,12H,11H2,1-3H3,(H,27,29). The van der Waals surface area contributed by atoms with Gasteiger partial charge in [0.2, 0.25) is 0 Å². The zero-order valence-electron chi connectivity index (χ0n) is 16.6. The molecule has 0 spiro atoms. The van der Waals surface area contributed by atoms with Crippen molar-refractivity contribution in [3.63, 3.8) is 0 Å². The third kappa shape index (κ3) is 4.08. The SMILES string of the molecule is Cc1c(C(=O)NCc2cccc(F)c2)c(=O)n(C(C)C)c2cc(C(F)(F)F)ccc12. The molecule has 0 atom stereocenters. The number of aryl methyl sites for hydroxylation is 1. The van der Waals surface area contributed by atoms with Gasteiger partial charge in [-0.3, -0.25) is 9.59 Å². The number of amides is 1. The first kappa shape index (κ1) is 21.5. The maximum atomic E-state index is 13.3. The number of hydrogen-bond donors (Lipinski definition) is 1. The molecule has 1 amide bonds. The first-order valence-corrected chi connectivity index (χ1v) is 9.29. The van der Waals surface area contributed by atoms with Crippen LogP contribution in [0.2, 0.25) is 0 Å². The van der Waals surface area contributed by atoms with E-state index in [9.17, 15) is 27.2 Å². The molecular formula is C22H20F4N2O2. The first-order valence-electron chi connectivity index (χ1n) is 9.29. The number of benzene rings is 2. The lowest BCUT2D eigenvalue weighted by molar-refractivity contribution is -0.137. The third-order valence-corrected chi connectivity index (χ3v) is 4.88. The highest BCUT2D eigenvalue weighted by Crippen LogP contribution is 2.33. The Hall–Kier alpha value is -3.16. The number of rotatable bonds is 4. The minimum absolute atomic E-state index is 0.00218. The summed E-state index contributed by atoms with van der Waals surface area (Å²) in [6.45, 7) is 4.84. The van der Waals surface area contributed by atoms with E-state index in [-0.39, 0.29) is 23.2 Å². The summed E-state index contributed by atoms with van der Waals surface area (Å²) in [5, 5.41) is 2.97. The second kappa shape index (κ2) is 7.93. The molecule has 2 aromatic carbocycles. The predicted molar refractivity (Wildman–Crippen MR) is 106 cm³/mol. The van der Waals surface area contributed by atoms with Crippen molar-refractivity contribution in [2.75, 3.05) is 0 Å². The molecule has 0 radical (unpaired) electrons. The van der Waals surface area contributed by atoms with Crippen LogP contribution in [0.3, 0.4) is 0 Å². The molecule has 0 saturated heterocycles. The fraction of sp³-hybridized carbons (Fsp3) is 0.273. The molecule has 0 unspecified atom stereocenters. The van der Waals surface area contributed by atoms with Crippen LogP contribution in [0, 0.1) is 12.7 Å². The van der Waals surface area contributed by atoms with Gasteiger partial charge in [0.1, 0.15) is 11.4 Å². The molecule has 8 heteroatoms. The molecule has 0 saturated carbocycles. The summed E-state index contributed by atoms with van der Waals surface area (Å²) in [7, 11) is 0. The lowest BCUT2D eigenvalue weighted by Crippen LogP contribution is -2.35. The molecule has 158 valence electrons. The Kier molecular flexibility index (Phi) is 5.70. The van der Waals surface area contributed by atoms with Gasteiger partial charge < -0.3 is 9.88 Å². The number of nitrogens with one attached hydrogen (secondary N) is 1. The molecule has 3 aromatic rings. The van der Waals surface area contributed by atoms with Crippen LogP contribution in [-0.4, -0.2) is 10.5 Å². The van der Waals surface area contributed by atoms with Gasteiger partial charge in [-0.25, -0.2) is 4.39 Å². The van der Waals surface area contributed by atoms with Gasteiger partial charge in [-0.05, 0) is 56.2 Å². The molecule has 1 aromatic heterocycles. The molecule has 0 aliphatic rings. The zero-order chi connectivity index (χ0) is 22.2. The fourth-order valence-corrected chi connectivity index (χ4v) is 3.45. The van der Waals surface area contributed by atoms with Crippen molar-refractivity contribution >= 4 is 16.8 Å². The van der Waals surface area contributed by atoms with Crippen LogP contribution in [0.15, 0.2) is 47.3 Å². The molecule has 0 fully saturated rings. The number of aromatic nitrogens is 1. The number of carbonyl (C=O) groups excluding carboxylic acids is 1. The Bertz CT molecular complexity index is 1180. The van der Waals surface area contributed by atoms with Crippen molar-refractivity contribution in [1.82, 2.24) is 9.88 Å². The number of alkyl halides is 3. The van der Waals surface area contributed by atoms with Crippen molar-refractivity contribution in [2.24, 2.45) is 0 Å². The second-order valence-corrected chi connectivity index (χ2v) is 7.31. The fourth-order valence-electron chi connectivity index (χ4n) is 3.45. The molecular weight excluding hydrogens is 400 g/mol. The smallest absolute Gasteiger partial charge is 0.348 e. The molecule has 0 bridgehead atoms. The van der Waals surface area contributed by atoms with Crippen LogP contribution in [0.1, 0.15) is 46.9 Å². The molecule has 1 N–H and O–H groups in total. The van der Waals surface area contributed by atoms with Crippen LogP contribution in [0.25, 0.3) is 10.9 Å². The molecule has 30 heavy (non-hydrogen) atoms. The minimum Gasteiger partial charge on any atom is -0.348 e. The Labute approximate surface area is 170 Å². The Morgan fingerprint density at radius 2 is 1.83 bits per heavy atom. The van der Waals surface area contributed by atoms with Gasteiger partial charge >= 0.3 is 6.18 Å². The van der Waals surface area contributed by atoms with E-state index in [1.54, 1.807) is 19.9 Å². The van der Waals surface area contributed by atoms with Crippen LogP contribution >= 0.6 is 0 Å². The van der Waals surface area contributed by atoms with E-state index in [0.29, 0.717) is 10.9 Å². The normalized spacial score (nSPS) is 11.9. The Morgan fingerprint density at radius 3 is 2.43 bits per heavy atom. The van der Waals surface area contributed by atoms with E-state index in [0.717, 1.165) is 12.1 Å². The molecule has 3 rings (SSSR count). The summed E-state index contributed by atoms with van der Waals surface area (Å²) in [6.07, 6.45) is -4.55. The largest absolute Gasteiger partial charge is 0.416 e. The van der Waals surface area contributed by atoms with E-state index in [1.807, 2.05) is 0 Å². The van der Waals surface area contributed by atoms with Gasteiger partial charge in [0, 0.05) is 18.0 Å². The lowest BCUT2D eigenvalue weighted by atomic mass is 10.0. The van der Waals surface area contributed by atoms with Gasteiger partial charge in [-0.2, -0.15) is 13.2 Å². The number of hydrogen-bond acceptors (Lipinski definition) is 2. The predicted octanol–water partition coefficient (Wildman–Crippen LogP) is 4.98. The quantitative estimate of drug-likeness (QED) is 0.606. The molecule has 4 nitrogen and oxygen atoms in total. The van der Waals surface area contributed by atoms with Crippen molar-refractivity contribution in [1.29, 1.82) is 0 Å². The number of fused-ring (bicyclic) bond motifs is 1. The summed E-state index contributed by atoms with van der Waals surface area (Å²) in [6, 6.07) is 8.32. The molecule has 0 aliphatic heterocycles. The summed E-state index contributed by atoms with van der Waals surface area (Å²) >= 11 is 0. The number of carbonyl (C=O) groups is 1. The van der Waals surface area contributed by atoms with Crippen molar-refractivity contribution in [3.05, 3.63) is 80.9 Å². The number of halogens is 4. The average Bonchev–Trinajstić information content (AvgIpc) is 2.65. The summed E-state index contributed by atoms with van der Waals surface area (Å²) in [4.78, 5) is 25.9. The van der Waals surface area contributed by atoms with Gasteiger partial charge in [0.25, 0.3) is 11.5 Å². The van der Waals surface area contributed by atoms with Crippen LogP contribution in [0.4, 0.5) is 17.6 Å².